The Kier molecular flexibility index (Phi) is 9.07. The van der Waals surface area contributed by atoms with Crippen LogP contribution in [0.4, 0.5) is 34.1 Å². The van der Waals surface area contributed by atoms with E-state index < -0.39 is 0 Å². The monoisotopic (exact) mass is 777 g/mol. The molecule has 11 rings (SSSR count). The zero-order valence-corrected chi connectivity index (χ0v) is 36.9. The smallest absolute Gasteiger partial charge is 0.252 e. The van der Waals surface area contributed by atoms with Crippen LogP contribution in [0.3, 0.4) is 0 Å². The number of hydrogen-bond donors (Lipinski definition) is 0. The second kappa shape index (κ2) is 14.2. The third-order valence-corrected chi connectivity index (χ3v) is 15.8. The number of hydrogen-bond acceptors (Lipinski definition) is 2. The van der Waals surface area contributed by atoms with Crippen molar-refractivity contribution in [2.45, 2.75) is 167 Å². The van der Waals surface area contributed by atoms with Crippen molar-refractivity contribution >= 4 is 57.2 Å². The highest BCUT2D eigenvalue weighted by Crippen LogP contribution is 2.51. The van der Waals surface area contributed by atoms with E-state index in [2.05, 4.69) is 130 Å². The Morgan fingerprint density at radius 3 is 1.47 bits per heavy atom. The van der Waals surface area contributed by atoms with Crippen molar-refractivity contribution in [3.8, 4) is 0 Å². The van der Waals surface area contributed by atoms with Crippen molar-refractivity contribution in [3.05, 3.63) is 123 Å². The number of rotatable bonds is 4. The van der Waals surface area contributed by atoms with Crippen molar-refractivity contribution in [1.29, 1.82) is 0 Å². The molecule has 3 heteroatoms. The minimum Gasteiger partial charge on any atom is -0.311 e. The lowest BCUT2D eigenvalue weighted by molar-refractivity contribution is 0.444. The van der Waals surface area contributed by atoms with E-state index in [1.165, 1.54) is 164 Å². The predicted molar refractivity (Wildman–Crippen MR) is 254 cm³/mol. The van der Waals surface area contributed by atoms with Crippen LogP contribution >= 0.6 is 0 Å². The van der Waals surface area contributed by atoms with Crippen molar-refractivity contribution in [2.75, 3.05) is 9.80 Å². The quantitative estimate of drug-likeness (QED) is 0.164. The normalized spacial score (nSPS) is 19.1. The van der Waals surface area contributed by atoms with E-state index in [0.29, 0.717) is 11.8 Å². The van der Waals surface area contributed by atoms with Gasteiger partial charge < -0.3 is 9.80 Å². The van der Waals surface area contributed by atoms with Crippen LogP contribution < -0.4 is 26.2 Å². The van der Waals surface area contributed by atoms with E-state index in [0.717, 1.165) is 0 Å². The molecule has 302 valence electrons. The largest absolute Gasteiger partial charge is 0.311 e. The Morgan fingerprint density at radius 2 is 0.966 bits per heavy atom. The van der Waals surface area contributed by atoms with E-state index >= 15 is 0 Å². The number of fused-ring (bicyclic) bond motifs is 6. The highest BCUT2D eigenvalue weighted by Gasteiger charge is 2.45. The molecule has 0 saturated heterocycles. The minimum atomic E-state index is 0.0249. The fraction of sp³-hybridized carbons (Fsp3) is 0.464. The summed E-state index contributed by atoms with van der Waals surface area (Å²) >= 11 is 0. The summed E-state index contributed by atoms with van der Waals surface area (Å²) in [7, 11) is 0. The molecule has 2 fully saturated rings. The summed E-state index contributed by atoms with van der Waals surface area (Å²) in [5.74, 6) is 1.30. The van der Waals surface area contributed by atoms with Gasteiger partial charge in [-0.25, -0.2) is 0 Å². The summed E-state index contributed by atoms with van der Waals surface area (Å²) in [6.07, 6.45) is 20.8. The van der Waals surface area contributed by atoms with Gasteiger partial charge in [0.1, 0.15) is 0 Å². The fourth-order valence-electron chi connectivity index (χ4n) is 12.5. The molecule has 0 N–H and O–H groups in total. The van der Waals surface area contributed by atoms with Gasteiger partial charge in [0.15, 0.2) is 0 Å². The Labute approximate surface area is 355 Å². The molecule has 2 aliphatic heterocycles. The van der Waals surface area contributed by atoms with Gasteiger partial charge in [0, 0.05) is 28.4 Å². The number of benzene rings is 5. The number of anilines is 6. The van der Waals surface area contributed by atoms with Gasteiger partial charge in [-0.15, -0.1) is 0 Å². The van der Waals surface area contributed by atoms with Gasteiger partial charge in [-0.2, -0.15) is 0 Å². The second-order valence-electron chi connectivity index (χ2n) is 21.6. The molecule has 0 spiro atoms. The van der Waals surface area contributed by atoms with Crippen molar-refractivity contribution < 1.29 is 0 Å². The van der Waals surface area contributed by atoms with Crippen LogP contribution in [0.2, 0.25) is 0 Å². The van der Waals surface area contributed by atoms with Crippen LogP contribution in [0.1, 0.15) is 175 Å². The van der Waals surface area contributed by atoms with E-state index in [-0.39, 0.29) is 17.5 Å². The van der Waals surface area contributed by atoms with Gasteiger partial charge >= 0.3 is 0 Å². The molecular weight excluding hydrogens is 711 g/mol. The second-order valence-corrected chi connectivity index (χ2v) is 21.6. The third-order valence-electron chi connectivity index (χ3n) is 15.8. The average molecular weight is 777 g/mol. The SMILES string of the molecule is CC(C)(C)c1cc(N2c3cc(C4CCCCC4)ccc3B3c4ccc(C5CCCCC5)cc4N(c4c5c(cc6c4CCC6)CCC5)c4cccc2c43)cc(C(C)(C)C)c1. The van der Waals surface area contributed by atoms with Crippen LogP contribution in [0.25, 0.3) is 0 Å². The molecule has 59 heavy (non-hydrogen) atoms. The molecule has 0 aromatic heterocycles. The van der Waals surface area contributed by atoms with E-state index in [1.807, 2.05) is 0 Å². The maximum absolute atomic E-state index is 2.84. The Balaban J connectivity index is 1.20. The van der Waals surface area contributed by atoms with Gasteiger partial charge in [-0.3, -0.25) is 0 Å². The summed E-state index contributed by atoms with van der Waals surface area (Å²) in [5, 5.41) is 0. The lowest BCUT2D eigenvalue weighted by atomic mass is 9.33. The van der Waals surface area contributed by atoms with Crippen molar-refractivity contribution in [3.63, 3.8) is 0 Å². The predicted octanol–water partition coefficient (Wildman–Crippen LogP) is 13.4. The number of nitrogens with zero attached hydrogens (tertiary/aromatic N) is 2. The standard InChI is InChI=1S/C56H65BN2/c1-55(2,3)42-33-43(56(4,5)6)35-44(34-42)58-49-24-15-25-50-53(49)57(47-28-26-38(31-51(47)58)36-16-9-7-10-17-36)48-29-27-39(37-18-11-8-12-19-37)32-52(48)59(50)54-45-22-13-20-40(45)30-41-21-14-23-46(41)54/h15,24-37H,7-14,16-23H2,1-6H3. The first-order chi connectivity index (χ1) is 28.5. The average Bonchev–Trinajstić information content (AvgIpc) is 3.92. The number of aryl methyl sites for hydroxylation is 2. The van der Waals surface area contributed by atoms with Gasteiger partial charge in [0.05, 0.1) is 5.69 Å². The molecule has 2 nitrogen and oxygen atoms in total. The lowest BCUT2D eigenvalue weighted by Gasteiger charge is -2.45. The molecule has 0 radical (unpaired) electrons. The zero-order chi connectivity index (χ0) is 40.2. The van der Waals surface area contributed by atoms with Crippen LogP contribution in [-0.4, -0.2) is 6.71 Å². The molecule has 5 aromatic rings. The molecule has 4 aliphatic carbocycles. The molecule has 0 amide bonds. The van der Waals surface area contributed by atoms with Crippen LogP contribution in [-0.2, 0) is 36.5 Å². The van der Waals surface area contributed by atoms with Crippen LogP contribution in [0.15, 0.2) is 78.9 Å². The maximum atomic E-state index is 2.84. The summed E-state index contributed by atoms with van der Waals surface area (Å²) in [4.78, 5) is 5.57. The topological polar surface area (TPSA) is 6.48 Å². The van der Waals surface area contributed by atoms with Gasteiger partial charge in [0.2, 0.25) is 0 Å². The highest BCUT2D eigenvalue weighted by molar-refractivity contribution is 7.00. The van der Waals surface area contributed by atoms with Gasteiger partial charge in [0.25, 0.3) is 6.71 Å². The molecule has 0 atom stereocenters. The van der Waals surface area contributed by atoms with Crippen LogP contribution in [0.5, 0.6) is 0 Å². The van der Waals surface area contributed by atoms with Crippen molar-refractivity contribution in [1.82, 2.24) is 0 Å². The molecule has 2 heterocycles. The summed E-state index contributed by atoms with van der Waals surface area (Å²) < 4.78 is 0. The summed E-state index contributed by atoms with van der Waals surface area (Å²) in [6.45, 7) is 14.5. The maximum Gasteiger partial charge on any atom is 0.252 e. The molecule has 0 unspecified atom stereocenters. The third kappa shape index (κ3) is 6.26. The molecule has 5 aromatic carbocycles. The first-order valence-electron chi connectivity index (χ1n) is 23.9. The van der Waals surface area contributed by atoms with Gasteiger partial charge in [-0.05, 0) is 184 Å². The van der Waals surface area contributed by atoms with Crippen LogP contribution in [0, 0.1) is 0 Å². The highest BCUT2D eigenvalue weighted by atomic mass is 15.2. The first kappa shape index (κ1) is 37.7. The van der Waals surface area contributed by atoms with E-state index in [1.54, 1.807) is 33.5 Å². The Morgan fingerprint density at radius 1 is 0.475 bits per heavy atom. The Bertz CT molecular complexity index is 2400. The molecule has 2 saturated carbocycles. The summed E-state index contributed by atoms with van der Waals surface area (Å²) in [6, 6.07) is 33.2. The molecule has 0 bridgehead atoms. The Hall–Kier alpha value is -4.24. The van der Waals surface area contributed by atoms with Gasteiger partial charge in [-0.1, -0.05) is 123 Å². The fourth-order valence-corrected chi connectivity index (χ4v) is 12.5. The lowest BCUT2D eigenvalue weighted by Crippen LogP contribution is -2.61. The van der Waals surface area contributed by atoms with E-state index in [4.69, 9.17) is 0 Å². The minimum absolute atomic E-state index is 0.0249. The first-order valence-corrected chi connectivity index (χ1v) is 23.9. The molecule has 6 aliphatic rings. The van der Waals surface area contributed by atoms with Crippen molar-refractivity contribution in [2.24, 2.45) is 0 Å². The van der Waals surface area contributed by atoms with E-state index in [9.17, 15) is 0 Å². The summed E-state index contributed by atoms with van der Waals surface area (Å²) in [5.41, 5.74) is 25.4. The molecular formula is C56H65BN2. The zero-order valence-electron chi connectivity index (χ0n) is 36.9.